The van der Waals surface area contributed by atoms with Crippen LogP contribution in [0.4, 0.5) is 16.3 Å². The second kappa shape index (κ2) is 11.2. The zero-order valence-corrected chi connectivity index (χ0v) is 20.9. The van der Waals surface area contributed by atoms with E-state index in [1.54, 1.807) is 11.1 Å². The molecule has 4 rings (SSSR count). The predicted octanol–water partition coefficient (Wildman–Crippen LogP) is 2.86. The predicted molar refractivity (Wildman–Crippen MR) is 139 cm³/mol. The molecule has 0 bridgehead atoms. The summed E-state index contributed by atoms with van der Waals surface area (Å²) in [6, 6.07) is 11.3. The van der Waals surface area contributed by atoms with E-state index >= 15 is 0 Å². The first kappa shape index (κ1) is 25.1. The molecule has 36 heavy (non-hydrogen) atoms. The Hall–Kier alpha value is -3.97. The first-order valence-electron chi connectivity index (χ1n) is 12.2. The molecule has 0 radical (unpaired) electrons. The lowest BCUT2D eigenvalue weighted by Crippen LogP contribution is -2.52. The number of carbonyl (C=O) groups excluding carboxylic acids is 2. The van der Waals surface area contributed by atoms with E-state index in [1.165, 1.54) is 16.5 Å². The van der Waals surface area contributed by atoms with Gasteiger partial charge in [-0.25, -0.2) is 14.8 Å². The molecule has 0 saturated carbocycles. The summed E-state index contributed by atoms with van der Waals surface area (Å²) < 4.78 is 1.48. The number of hydrogen-bond acceptors (Lipinski definition) is 7. The highest BCUT2D eigenvalue weighted by Crippen LogP contribution is 2.29. The largest absolute Gasteiger partial charge is 0.354 e. The minimum atomic E-state index is -0.306. The van der Waals surface area contributed by atoms with E-state index in [2.05, 4.69) is 32.4 Å². The van der Waals surface area contributed by atoms with Crippen LogP contribution in [0.3, 0.4) is 0 Å². The van der Waals surface area contributed by atoms with Gasteiger partial charge in [-0.3, -0.25) is 9.36 Å². The number of anilines is 2. The van der Waals surface area contributed by atoms with Gasteiger partial charge in [0.2, 0.25) is 5.91 Å². The molecule has 0 unspecified atom stereocenters. The maximum absolute atomic E-state index is 13.1. The summed E-state index contributed by atoms with van der Waals surface area (Å²) in [6.07, 6.45) is 4.81. The topological polar surface area (TPSA) is 119 Å². The summed E-state index contributed by atoms with van der Waals surface area (Å²) in [5.41, 5.74) is 2.41. The van der Waals surface area contributed by atoms with Gasteiger partial charge in [-0.1, -0.05) is 19.1 Å². The Labute approximate surface area is 210 Å². The second-order valence-corrected chi connectivity index (χ2v) is 9.22. The maximum atomic E-state index is 13.1. The minimum Gasteiger partial charge on any atom is -0.354 e. The number of nitrogens with zero attached hydrogens (tertiary/aromatic N) is 6. The Morgan fingerprint density at radius 1 is 1.22 bits per heavy atom. The van der Waals surface area contributed by atoms with Gasteiger partial charge in [0.05, 0.1) is 17.5 Å². The van der Waals surface area contributed by atoms with E-state index in [4.69, 9.17) is 5.26 Å². The van der Waals surface area contributed by atoms with Crippen LogP contribution in [0.15, 0.2) is 42.9 Å². The highest BCUT2D eigenvalue weighted by atomic mass is 16.2. The van der Waals surface area contributed by atoms with E-state index in [1.807, 2.05) is 50.5 Å². The summed E-state index contributed by atoms with van der Waals surface area (Å²) in [5, 5.41) is 15.7. The molecule has 1 aliphatic heterocycles. The molecule has 0 spiro atoms. The lowest BCUT2D eigenvalue weighted by molar-refractivity contribution is -0.131. The molecule has 0 aliphatic carbocycles. The molecule has 1 saturated heterocycles. The molecule has 1 fully saturated rings. The molecule has 2 aromatic heterocycles. The van der Waals surface area contributed by atoms with Crippen molar-refractivity contribution in [3.8, 4) is 6.07 Å². The summed E-state index contributed by atoms with van der Waals surface area (Å²) in [7, 11) is 3.87. The molecule has 1 aromatic carbocycles. The molecule has 2 amide bonds. The molecule has 10 nitrogen and oxygen atoms in total. The average Bonchev–Trinajstić information content (AvgIpc) is 3.33. The Balaban J connectivity index is 1.53. The van der Waals surface area contributed by atoms with Gasteiger partial charge in [0, 0.05) is 32.0 Å². The number of likely N-dealkylation sites (N-methyl/N-ethyl adjacent to an activating group) is 2. The van der Waals surface area contributed by atoms with Gasteiger partial charge in [0.15, 0.2) is 5.65 Å². The number of nitriles is 1. The standard InChI is InChI=1S/C26H32N8O2/c1-18-10-14-33(23(35)8-12-27)16-22(18)32(3)24-21-11-15-34(25(21)30-17-29-24)26(36)31-20-6-4-19(5-7-20)9-13-28-2/h4-7,11,15,17-18,22,28H,8-10,13-14,16H2,1-3H3,(H,31,36)/t18-,22+/m1/s1. The summed E-state index contributed by atoms with van der Waals surface area (Å²) in [6.45, 7) is 4.23. The minimum absolute atomic E-state index is 0.0260. The Morgan fingerprint density at radius 2 is 2.00 bits per heavy atom. The Bertz CT molecular complexity index is 1260. The lowest BCUT2D eigenvalue weighted by atomic mass is 9.92. The van der Waals surface area contributed by atoms with E-state index in [0.717, 1.165) is 24.8 Å². The van der Waals surface area contributed by atoms with Crippen molar-refractivity contribution in [3.63, 3.8) is 0 Å². The SMILES string of the molecule is CNCCc1ccc(NC(=O)n2ccc3c(N(C)[C@H]4CN(C(=O)CC#N)CC[C@H]4C)ncnc32)cc1. The second-order valence-electron chi connectivity index (χ2n) is 9.22. The summed E-state index contributed by atoms with van der Waals surface area (Å²) >= 11 is 0. The van der Waals surface area contributed by atoms with Crippen molar-refractivity contribution in [2.24, 2.45) is 5.92 Å². The lowest BCUT2D eigenvalue weighted by Gasteiger charge is -2.42. The molecule has 2 atom stereocenters. The van der Waals surface area contributed by atoms with Gasteiger partial charge in [-0.2, -0.15) is 5.26 Å². The van der Waals surface area contributed by atoms with Crippen LogP contribution in [0.2, 0.25) is 0 Å². The van der Waals surface area contributed by atoms with Gasteiger partial charge >= 0.3 is 6.03 Å². The van der Waals surface area contributed by atoms with Gasteiger partial charge < -0.3 is 20.4 Å². The van der Waals surface area contributed by atoms with Crippen LogP contribution < -0.4 is 15.5 Å². The number of aromatic nitrogens is 3. The number of piperidine rings is 1. The van der Waals surface area contributed by atoms with Crippen molar-refractivity contribution in [1.82, 2.24) is 24.8 Å². The quantitative estimate of drug-likeness (QED) is 0.525. The van der Waals surface area contributed by atoms with Crippen molar-refractivity contribution in [3.05, 3.63) is 48.4 Å². The Morgan fingerprint density at radius 3 is 2.72 bits per heavy atom. The fraction of sp³-hybridized carbons (Fsp3) is 0.423. The number of benzene rings is 1. The number of fused-ring (bicyclic) bond motifs is 1. The third-order valence-corrected chi connectivity index (χ3v) is 6.88. The van der Waals surface area contributed by atoms with Crippen LogP contribution in [0.5, 0.6) is 0 Å². The number of rotatable bonds is 7. The molecule has 2 N–H and O–H groups in total. The fourth-order valence-corrected chi connectivity index (χ4v) is 4.71. The third kappa shape index (κ3) is 5.31. The van der Waals surface area contributed by atoms with E-state index < -0.39 is 0 Å². The highest BCUT2D eigenvalue weighted by molar-refractivity contribution is 5.99. The first-order chi connectivity index (χ1) is 17.4. The normalized spacial score (nSPS) is 17.6. The van der Waals surface area contributed by atoms with Crippen molar-refractivity contribution < 1.29 is 9.59 Å². The Kier molecular flexibility index (Phi) is 7.80. The number of carbonyl (C=O) groups is 2. The molecular formula is C26H32N8O2. The van der Waals surface area contributed by atoms with Crippen LogP contribution in [0, 0.1) is 17.2 Å². The maximum Gasteiger partial charge on any atom is 0.331 e. The molecule has 1 aliphatic rings. The fourth-order valence-electron chi connectivity index (χ4n) is 4.71. The number of hydrogen-bond donors (Lipinski definition) is 2. The van der Waals surface area contributed by atoms with Crippen LogP contribution in [-0.2, 0) is 11.2 Å². The van der Waals surface area contributed by atoms with Crippen LogP contribution in [0.1, 0.15) is 25.3 Å². The molecule has 188 valence electrons. The van der Waals surface area contributed by atoms with Gasteiger partial charge in [0.25, 0.3) is 0 Å². The van der Waals surface area contributed by atoms with E-state index in [-0.39, 0.29) is 24.4 Å². The van der Waals surface area contributed by atoms with Crippen LogP contribution in [0.25, 0.3) is 11.0 Å². The van der Waals surface area contributed by atoms with Gasteiger partial charge in [-0.05, 0) is 56.1 Å². The monoisotopic (exact) mass is 488 g/mol. The van der Waals surface area contributed by atoms with Crippen LogP contribution >= 0.6 is 0 Å². The molecule has 3 aromatic rings. The smallest absolute Gasteiger partial charge is 0.331 e. The number of nitrogens with one attached hydrogen (secondary N) is 2. The highest BCUT2D eigenvalue weighted by Gasteiger charge is 2.32. The van der Waals surface area contributed by atoms with Gasteiger partial charge in [-0.15, -0.1) is 0 Å². The average molecular weight is 489 g/mol. The van der Waals surface area contributed by atoms with Crippen molar-refractivity contribution in [2.75, 3.05) is 43.9 Å². The summed E-state index contributed by atoms with van der Waals surface area (Å²) in [5.74, 6) is 0.882. The van der Waals surface area contributed by atoms with Crippen molar-refractivity contribution in [2.45, 2.75) is 32.2 Å². The molecule has 3 heterocycles. The molecular weight excluding hydrogens is 456 g/mol. The number of amides is 2. The zero-order chi connectivity index (χ0) is 25.7. The third-order valence-electron chi connectivity index (χ3n) is 6.88. The number of likely N-dealkylation sites (tertiary alicyclic amines) is 1. The van der Waals surface area contributed by atoms with E-state index in [0.29, 0.717) is 36.2 Å². The first-order valence-corrected chi connectivity index (χ1v) is 12.2. The summed E-state index contributed by atoms with van der Waals surface area (Å²) in [4.78, 5) is 38.1. The van der Waals surface area contributed by atoms with Crippen LogP contribution in [-0.4, -0.2) is 71.1 Å². The van der Waals surface area contributed by atoms with Gasteiger partial charge in [0.1, 0.15) is 18.6 Å². The van der Waals surface area contributed by atoms with Crippen molar-refractivity contribution in [1.29, 1.82) is 5.26 Å². The molecule has 10 heteroatoms. The van der Waals surface area contributed by atoms with Crippen molar-refractivity contribution >= 4 is 34.5 Å². The van der Waals surface area contributed by atoms with E-state index in [9.17, 15) is 9.59 Å². The zero-order valence-electron chi connectivity index (χ0n) is 20.9.